The third kappa shape index (κ3) is 10.6. The zero-order chi connectivity index (χ0) is 46.1. The van der Waals surface area contributed by atoms with Crippen LogP contribution in [-0.2, 0) is 9.59 Å². The van der Waals surface area contributed by atoms with Crippen LogP contribution in [0.5, 0.6) is 23.0 Å². The number of benzene rings is 2. The number of rotatable bonds is 13. The minimum absolute atomic E-state index is 0.0610. The van der Waals surface area contributed by atoms with Crippen LogP contribution < -0.4 is 41.5 Å². The van der Waals surface area contributed by atoms with Gasteiger partial charge in [-0.2, -0.15) is 10.2 Å². The third-order valence-corrected chi connectivity index (χ3v) is 11.0. The Morgan fingerprint density at radius 3 is 1.50 bits per heavy atom. The molecule has 3 fully saturated rings. The van der Waals surface area contributed by atoms with E-state index in [1.54, 1.807) is 79.3 Å². The van der Waals surface area contributed by atoms with E-state index in [9.17, 15) is 19.2 Å². The maximum Gasteiger partial charge on any atom is 0.255 e. The average Bonchev–Trinajstić information content (AvgIpc) is 3.62. The van der Waals surface area contributed by atoms with Gasteiger partial charge in [0.2, 0.25) is 11.8 Å². The molecule has 64 heavy (non-hydrogen) atoms. The van der Waals surface area contributed by atoms with E-state index in [1.807, 2.05) is 0 Å². The number of carbonyl (C=O) groups is 4. The molecule has 18 heteroatoms. The fourth-order valence-corrected chi connectivity index (χ4v) is 7.37. The quantitative estimate of drug-likeness (QED) is 0.112. The van der Waals surface area contributed by atoms with Gasteiger partial charge in [0.1, 0.15) is 45.8 Å². The number of nitrogens with two attached hydrogens (primary N) is 3. The van der Waals surface area contributed by atoms with Crippen LogP contribution in [0.15, 0.2) is 61.7 Å². The second-order valence-electron chi connectivity index (χ2n) is 15.2. The normalized spacial score (nSPS) is 16.2. The number of nitrogens with zero attached hydrogens (tertiary/aromatic N) is 6. The standard InChI is InChI=1S/C25H29N5O4.C21H23N5O4/c1-4-22(31)29-10-9-18(15-29)30-25(27-14-16-5-6-16)23(24(26)32)21(28-30)8-7-17-11-19(33-2)13-20(12-17)34-3;1-4-18(27)25-8-7-14(12-25)26-20(22)19(21(23)28)17(24-26)6-5-13-9-15(29-2)11-16(10-13)30-3/h4,11-13,16,18,27H,1,5-6,9-10,14-15H2,2-3H3,(H2,26,32);4,9-11,14H,1,7-8,12,22H2,2-3H3,(H2,23,28)/t18-;14-/m00/s1. The van der Waals surface area contributed by atoms with Crippen molar-refractivity contribution in [3.8, 4) is 46.7 Å². The van der Waals surface area contributed by atoms with Crippen LogP contribution in [0.1, 0.15) is 81.0 Å². The van der Waals surface area contributed by atoms with Gasteiger partial charge >= 0.3 is 0 Å². The lowest BCUT2D eigenvalue weighted by molar-refractivity contribution is -0.125. The Morgan fingerprint density at radius 2 is 1.09 bits per heavy atom. The van der Waals surface area contributed by atoms with E-state index in [2.05, 4.69) is 52.4 Å². The summed E-state index contributed by atoms with van der Waals surface area (Å²) in [7, 11) is 6.22. The number of primary amides is 2. The summed E-state index contributed by atoms with van der Waals surface area (Å²) in [5, 5.41) is 12.5. The van der Waals surface area contributed by atoms with E-state index in [0.29, 0.717) is 90.6 Å². The highest BCUT2D eigenvalue weighted by molar-refractivity contribution is 6.00. The van der Waals surface area contributed by atoms with Crippen molar-refractivity contribution >= 4 is 35.3 Å². The lowest BCUT2D eigenvalue weighted by Crippen LogP contribution is -2.27. The Balaban J connectivity index is 0.000000214. The molecular formula is C46H52N10O8. The summed E-state index contributed by atoms with van der Waals surface area (Å²) < 4.78 is 24.4. The molecule has 18 nitrogen and oxygen atoms in total. The monoisotopic (exact) mass is 872 g/mol. The van der Waals surface area contributed by atoms with Crippen molar-refractivity contribution in [1.82, 2.24) is 29.4 Å². The molecule has 0 spiro atoms. The summed E-state index contributed by atoms with van der Waals surface area (Å²) in [6.07, 6.45) is 6.24. The van der Waals surface area contributed by atoms with E-state index in [1.165, 1.54) is 16.8 Å². The lowest BCUT2D eigenvalue weighted by Gasteiger charge is -2.17. The van der Waals surface area contributed by atoms with Gasteiger partial charge in [0.15, 0.2) is 11.4 Å². The molecule has 7 N–H and O–H groups in total. The van der Waals surface area contributed by atoms with E-state index in [-0.39, 0.29) is 46.5 Å². The molecule has 2 saturated heterocycles. The summed E-state index contributed by atoms with van der Waals surface area (Å²) in [5.74, 6) is 13.9. The first-order chi connectivity index (χ1) is 30.8. The second-order valence-corrected chi connectivity index (χ2v) is 15.2. The van der Waals surface area contributed by atoms with E-state index in [4.69, 9.17) is 36.1 Å². The number of anilines is 2. The van der Waals surface area contributed by atoms with Gasteiger partial charge in [-0.25, -0.2) is 9.36 Å². The van der Waals surface area contributed by atoms with Crippen molar-refractivity contribution in [2.75, 3.05) is 72.2 Å². The van der Waals surface area contributed by atoms with Crippen molar-refractivity contribution in [1.29, 1.82) is 0 Å². The maximum absolute atomic E-state index is 12.5. The number of carbonyl (C=O) groups excluding carboxylic acids is 4. The number of nitrogens with one attached hydrogen (secondary N) is 1. The fourth-order valence-electron chi connectivity index (χ4n) is 7.37. The molecule has 4 heterocycles. The second kappa shape index (κ2) is 20.3. The Bertz CT molecular complexity index is 2540. The number of ether oxygens (including phenoxy) is 4. The molecule has 7 rings (SSSR count). The molecule has 1 saturated carbocycles. The number of amides is 4. The van der Waals surface area contributed by atoms with Crippen LogP contribution in [-0.4, -0.2) is 114 Å². The molecule has 0 bridgehead atoms. The number of aromatic nitrogens is 4. The molecule has 2 aliphatic heterocycles. The average molecular weight is 873 g/mol. The van der Waals surface area contributed by atoms with Crippen molar-refractivity contribution < 1.29 is 38.1 Å². The SMILES string of the molecule is C=CC(=O)N1CC[C@H](n2nc(C#Cc3cc(OC)cc(OC)c3)c(C(N)=O)c2N)C1.C=CC(=O)N1CC[C@H](n2nc(C#Cc3cc(OC)cc(OC)c3)c(C(N)=O)c2NCC2CC2)C1. The van der Waals surface area contributed by atoms with E-state index < -0.39 is 11.8 Å². The number of hydrogen-bond acceptors (Lipinski definition) is 12. The molecule has 2 aromatic carbocycles. The maximum atomic E-state index is 12.5. The summed E-state index contributed by atoms with van der Waals surface area (Å²) in [6.45, 7) is 9.83. The Morgan fingerprint density at radius 1 is 0.672 bits per heavy atom. The van der Waals surface area contributed by atoms with Gasteiger partial charge in [-0.05, 0) is 79.9 Å². The minimum atomic E-state index is -0.719. The molecule has 0 unspecified atom stereocenters. The van der Waals surface area contributed by atoms with Crippen LogP contribution in [0.25, 0.3) is 0 Å². The summed E-state index contributed by atoms with van der Waals surface area (Å²) >= 11 is 0. The molecular weight excluding hydrogens is 821 g/mol. The molecule has 2 aromatic heterocycles. The smallest absolute Gasteiger partial charge is 0.255 e. The van der Waals surface area contributed by atoms with Crippen molar-refractivity contribution in [3.05, 3.63) is 95.3 Å². The highest BCUT2D eigenvalue weighted by Crippen LogP contribution is 2.33. The molecule has 4 aromatic rings. The van der Waals surface area contributed by atoms with Crippen molar-refractivity contribution in [3.63, 3.8) is 0 Å². The Labute approximate surface area is 371 Å². The molecule has 334 valence electrons. The van der Waals surface area contributed by atoms with Gasteiger partial charge in [0.05, 0.1) is 40.5 Å². The first-order valence-corrected chi connectivity index (χ1v) is 20.5. The molecule has 3 aliphatic rings. The predicted octanol–water partition coefficient (Wildman–Crippen LogP) is 3.12. The zero-order valence-electron chi connectivity index (χ0n) is 36.3. The van der Waals surface area contributed by atoms with Crippen LogP contribution in [0.2, 0.25) is 0 Å². The van der Waals surface area contributed by atoms with Crippen LogP contribution in [0, 0.1) is 29.6 Å². The fraction of sp³-hybridized carbons (Fsp3) is 0.348. The van der Waals surface area contributed by atoms with Crippen LogP contribution in [0.3, 0.4) is 0 Å². The largest absolute Gasteiger partial charge is 0.497 e. The first-order valence-electron chi connectivity index (χ1n) is 20.5. The van der Waals surface area contributed by atoms with Gasteiger partial charge in [-0.15, -0.1) is 0 Å². The molecule has 0 radical (unpaired) electrons. The van der Waals surface area contributed by atoms with Gasteiger partial charge in [0, 0.05) is 56.0 Å². The highest BCUT2D eigenvalue weighted by atomic mass is 16.5. The minimum Gasteiger partial charge on any atom is -0.497 e. The number of hydrogen-bond donors (Lipinski definition) is 4. The lowest BCUT2D eigenvalue weighted by atomic mass is 10.1. The highest BCUT2D eigenvalue weighted by Gasteiger charge is 2.33. The number of methoxy groups -OCH3 is 4. The summed E-state index contributed by atoms with van der Waals surface area (Å²) in [5.41, 5.74) is 19.5. The zero-order valence-corrected chi connectivity index (χ0v) is 36.3. The van der Waals surface area contributed by atoms with Crippen molar-refractivity contribution in [2.24, 2.45) is 17.4 Å². The van der Waals surface area contributed by atoms with Crippen molar-refractivity contribution in [2.45, 2.75) is 37.8 Å². The van der Waals surface area contributed by atoms with Gasteiger partial charge in [0.25, 0.3) is 11.8 Å². The van der Waals surface area contributed by atoms with Gasteiger partial charge in [-0.1, -0.05) is 25.0 Å². The Kier molecular flexibility index (Phi) is 14.5. The molecule has 4 amide bonds. The topological polar surface area (TPSA) is 237 Å². The first kappa shape index (κ1) is 45.7. The summed E-state index contributed by atoms with van der Waals surface area (Å²) in [6, 6.07) is 10.2. The molecule has 1 aliphatic carbocycles. The van der Waals surface area contributed by atoms with Crippen LogP contribution in [0.4, 0.5) is 11.6 Å². The third-order valence-electron chi connectivity index (χ3n) is 11.0. The number of nitrogen functional groups attached to an aromatic ring is 1. The summed E-state index contributed by atoms with van der Waals surface area (Å²) in [4.78, 5) is 51.8. The Hall–Kier alpha value is -7.86. The molecule has 2 atom stereocenters. The predicted molar refractivity (Wildman–Crippen MR) is 239 cm³/mol. The number of likely N-dealkylation sites (tertiary alicyclic amines) is 2. The van der Waals surface area contributed by atoms with Gasteiger partial charge in [-0.3, -0.25) is 19.2 Å². The van der Waals surface area contributed by atoms with Crippen LogP contribution >= 0.6 is 0 Å². The van der Waals surface area contributed by atoms with E-state index in [0.717, 1.165) is 19.4 Å². The van der Waals surface area contributed by atoms with Gasteiger partial charge < -0.3 is 51.3 Å². The van der Waals surface area contributed by atoms with E-state index >= 15 is 0 Å².